The van der Waals surface area contributed by atoms with E-state index in [1.165, 1.54) is 24.3 Å². The molecule has 0 fully saturated rings. The number of benzene rings is 3. The van der Waals surface area contributed by atoms with Crippen LogP contribution in [0.5, 0.6) is 0 Å². The Bertz CT molecular complexity index is 1340. The van der Waals surface area contributed by atoms with Gasteiger partial charge in [-0.25, -0.2) is 0 Å². The highest BCUT2D eigenvalue weighted by molar-refractivity contribution is 6.31. The molecule has 0 spiro atoms. The Kier molecular flexibility index (Phi) is 7.05. The summed E-state index contributed by atoms with van der Waals surface area (Å²) in [6, 6.07) is 19.9. The fourth-order valence-corrected chi connectivity index (χ4v) is 3.53. The molecule has 0 saturated heterocycles. The van der Waals surface area contributed by atoms with Gasteiger partial charge in [-0.1, -0.05) is 59.6 Å². The molecule has 0 aliphatic carbocycles. The van der Waals surface area contributed by atoms with Gasteiger partial charge in [-0.05, 0) is 35.4 Å². The van der Waals surface area contributed by atoms with E-state index in [2.05, 4.69) is 20.7 Å². The Labute approximate surface area is 204 Å². The lowest BCUT2D eigenvalue weighted by Gasteiger charge is -2.08. The van der Waals surface area contributed by atoms with Gasteiger partial charge in [0.1, 0.15) is 0 Å². The van der Waals surface area contributed by atoms with Gasteiger partial charge in [-0.15, -0.1) is 5.10 Å². The molecule has 34 heavy (non-hydrogen) atoms. The number of anilines is 2. The molecule has 0 aliphatic heterocycles. The standard InChI is InChI=1S/C23H18Cl2N6O3/c24-19-7-3-1-5-16(19)13-26-22-28-23(27-14-17-6-2-4-8-20(17)25)30(29-22)21(32)15-9-11-18(12-10-15)31(33)34/h1-12H,13-14H2,(H2,26,27,28,29). The largest absolute Gasteiger partial charge is 0.350 e. The Balaban J connectivity index is 1.60. The maximum absolute atomic E-state index is 13.1. The number of nitro groups is 1. The molecule has 0 aliphatic rings. The molecule has 9 nitrogen and oxygen atoms in total. The van der Waals surface area contributed by atoms with E-state index in [0.29, 0.717) is 23.1 Å². The fraction of sp³-hybridized carbons (Fsp3) is 0.0870. The molecule has 0 amide bonds. The van der Waals surface area contributed by atoms with Crippen LogP contribution in [0.3, 0.4) is 0 Å². The molecule has 1 aromatic heterocycles. The molecule has 11 heteroatoms. The second-order valence-electron chi connectivity index (χ2n) is 7.17. The third kappa shape index (κ3) is 5.33. The van der Waals surface area contributed by atoms with Gasteiger partial charge in [0, 0.05) is 40.8 Å². The van der Waals surface area contributed by atoms with Crippen molar-refractivity contribution in [2.75, 3.05) is 10.6 Å². The van der Waals surface area contributed by atoms with E-state index in [4.69, 9.17) is 23.2 Å². The van der Waals surface area contributed by atoms with E-state index >= 15 is 0 Å². The molecule has 0 radical (unpaired) electrons. The van der Waals surface area contributed by atoms with Crippen LogP contribution in [0.1, 0.15) is 21.5 Å². The van der Waals surface area contributed by atoms with Gasteiger partial charge in [0.25, 0.3) is 11.6 Å². The Morgan fingerprint density at radius 2 is 1.44 bits per heavy atom. The highest BCUT2D eigenvalue weighted by atomic mass is 35.5. The van der Waals surface area contributed by atoms with E-state index in [9.17, 15) is 14.9 Å². The smallest absolute Gasteiger partial charge is 0.281 e. The predicted molar refractivity (Wildman–Crippen MR) is 130 cm³/mol. The molecule has 0 saturated carbocycles. The number of rotatable bonds is 8. The van der Waals surface area contributed by atoms with Gasteiger partial charge in [0.05, 0.1) is 4.92 Å². The maximum Gasteiger partial charge on any atom is 0.281 e. The lowest BCUT2D eigenvalue weighted by molar-refractivity contribution is -0.384. The van der Waals surface area contributed by atoms with Crippen molar-refractivity contribution < 1.29 is 9.72 Å². The third-order valence-electron chi connectivity index (χ3n) is 4.91. The van der Waals surface area contributed by atoms with E-state index in [1.807, 2.05) is 36.4 Å². The first-order chi connectivity index (χ1) is 16.4. The van der Waals surface area contributed by atoms with E-state index < -0.39 is 10.8 Å². The van der Waals surface area contributed by atoms with Crippen LogP contribution in [-0.2, 0) is 13.1 Å². The Morgan fingerprint density at radius 3 is 2.00 bits per heavy atom. The number of hydrogen-bond acceptors (Lipinski definition) is 7. The van der Waals surface area contributed by atoms with Crippen molar-refractivity contribution in [2.45, 2.75) is 13.1 Å². The molecule has 172 valence electrons. The number of halogens is 2. The van der Waals surface area contributed by atoms with Crippen molar-refractivity contribution in [3.05, 3.63) is 110 Å². The average molecular weight is 497 g/mol. The normalized spacial score (nSPS) is 10.6. The predicted octanol–water partition coefficient (Wildman–Crippen LogP) is 5.41. The summed E-state index contributed by atoms with van der Waals surface area (Å²) in [6.45, 7) is 0.648. The number of carbonyl (C=O) groups excluding carboxylic acids is 1. The SMILES string of the molecule is O=C(c1ccc([N+](=O)[O-])cc1)n1nc(NCc2ccccc2Cl)nc1NCc1ccccc1Cl. The van der Waals surface area contributed by atoms with E-state index in [1.54, 1.807) is 12.1 Å². The van der Waals surface area contributed by atoms with Crippen LogP contribution in [0.25, 0.3) is 0 Å². The summed E-state index contributed by atoms with van der Waals surface area (Å²) in [5.74, 6) is -0.114. The summed E-state index contributed by atoms with van der Waals surface area (Å²) in [6.07, 6.45) is 0. The number of carbonyl (C=O) groups is 1. The Morgan fingerprint density at radius 1 is 0.882 bits per heavy atom. The van der Waals surface area contributed by atoms with Gasteiger partial charge < -0.3 is 10.6 Å². The minimum Gasteiger partial charge on any atom is -0.350 e. The summed E-state index contributed by atoms with van der Waals surface area (Å²) in [7, 11) is 0. The summed E-state index contributed by atoms with van der Waals surface area (Å²) in [5.41, 5.74) is 1.75. The van der Waals surface area contributed by atoms with Gasteiger partial charge in [-0.3, -0.25) is 14.9 Å². The van der Waals surface area contributed by atoms with Crippen LogP contribution >= 0.6 is 23.2 Å². The van der Waals surface area contributed by atoms with Gasteiger partial charge >= 0.3 is 0 Å². The third-order valence-corrected chi connectivity index (χ3v) is 5.65. The summed E-state index contributed by atoms with van der Waals surface area (Å²) in [4.78, 5) is 27.9. The number of hydrogen-bond donors (Lipinski definition) is 2. The highest BCUT2D eigenvalue weighted by Gasteiger charge is 2.19. The fourth-order valence-electron chi connectivity index (χ4n) is 3.12. The van der Waals surface area contributed by atoms with Crippen molar-refractivity contribution in [3.8, 4) is 0 Å². The maximum atomic E-state index is 13.1. The first kappa shape index (κ1) is 23.2. The number of aromatic nitrogens is 3. The minimum absolute atomic E-state index is 0.116. The molecule has 0 unspecified atom stereocenters. The van der Waals surface area contributed by atoms with Gasteiger partial charge in [0.15, 0.2) is 0 Å². The number of nitrogens with zero attached hydrogens (tertiary/aromatic N) is 4. The molecule has 4 aromatic rings. The first-order valence-electron chi connectivity index (χ1n) is 10.1. The van der Waals surface area contributed by atoms with Crippen molar-refractivity contribution in [1.29, 1.82) is 0 Å². The van der Waals surface area contributed by atoms with Gasteiger partial charge in [0.2, 0.25) is 11.9 Å². The van der Waals surface area contributed by atoms with Gasteiger partial charge in [-0.2, -0.15) is 9.67 Å². The van der Waals surface area contributed by atoms with Crippen molar-refractivity contribution in [2.24, 2.45) is 0 Å². The lowest BCUT2D eigenvalue weighted by atomic mass is 10.2. The van der Waals surface area contributed by atoms with Crippen LogP contribution in [-0.4, -0.2) is 25.6 Å². The molecule has 0 bridgehead atoms. The number of nitrogens with one attached hydrogen (secondary N) is 2. The van der Waals surface area contributed by atoms with Crippen molar-refractivity contribution in [1.82, 2.24) is 14.8 Å². The van der Waals surface area contributed by atoms with Crippen LogP contribution in [0, 0.1) is 10.1 Å². The summed E-state index contributed by atoms with van der Waals surface area (Å²) >= 11 is 12.4. The summed E-state index contributed by atoms with van der Waals surface area (Å²) in [5, 5.41) is 22.5. The molecular weight excluding hydrogens is 479 g/mol. The molecule has 3 aromatic carbocycles. The van der Waals surface area contributed by atoms with E-state index in [0.717, 1.165) is 15.8 Å². The molecule has 0 atom stereocenters. The first-order valence-corrected chi connectivity index (χ1v) is 10.9. The zero-order chi connectivity index (χ0) is 24.1. The quantitative estimate of drug-likeness (QED) is 0.247. The Hall–Kier alpha value is -3.95. The molecule has 1 heterocycles. The van der Waals surface area contributed by atoms with Crippen LogP contribution in [0.4, 0.5) is 17.6 Å². The average Bonchev–Trinajstić information content (AvgIpc) is 3.25. The second-order valence-corrected chi connectivity index (χ2v) is 7.98. The van der Waals surface area contributed by atoms with Crippen LogP contribution in [0.2, 0.25) is 10.0 Å². The van der Waals surface area contributed by atoms with Crippen molar-refractivity contribution >= 4 is 46.7 Å². The second kappa shape index (κ2) is 10.3. The monoisotopic (exact) mass is 496 g/mol. The summed E-state index contributed by atoms with van der Waals surface area (Å²) < 4.78 is 1.10. The van der Waals surface area contributed by atoms with Crippen LogP contribution < -0.4 is 10.6 Å². The molecular formula is C23H18Cl2N6O3. The van der Waals surface area contributed by atoms with Crippen LogP contribution in [0.15, 0.2) is 72.8 Å². The molecule has 4 rings (SSSR count). The minimum atomic E-state index is -0.531. The van der Waals surface area contributed by atoms with Crippen molar-refractivity contribution in [3.63, 3.8) is 0 Å². The highest BCUT2D eigenvalue weighted by Crippen LogP contribution is 2.20. The van der Waals surface area contributed by atoms with E-state index in [-0.39, 0.29) is 23.1 Å². The number of non-ortho nitro benzene ring substituents is 1. The number of nitro benzene ring substituents is 1. The zero-order valence-electron chi connectivity index (χ0n) is 17.6. The lowest BCUT2D eigenvalue weighted by Crippen LogP contribution is -2.17. The topological polar surface area (TPSA) is 115 Å². The molecule has 2 N–H and O–H groups in total. The zero-order valence-corrected chi connectivity index (χ0v) is 19.1.